The van der Waals surface area contributed by atoms with Crippen molar-refractivity contribution >= 4 is 33.1 Å². The van der Waals surface area contributed by atoms with Crippen molar-refractivity contribution in [3.63, 3.8) is 0 Å². The quantitative estimate of drug-likeness (QED) is 0.767. The molecule has 0 radical (unpaired) electrons. The molecule has 2 nitrogen and oxygen atoms in total. The van der Waals surface area contributed by atoms with Crippen LogP contribution in [0.25, 0.3) is 0 Å². The maximum absolute atomic E-state index is 11.7. The Labute approximate surface area is 108 Å². The Bertz CT molecular complexity index is 435. The first-order valence-electron chi connectivity index (χ1n) is 5.03. The molecule has 1 aromatic carbocycles. The lowest BCUT2D eigenvalue weighted by Crippen LogP contribution is -2.19. The Hall–Kier alpha value is -0.480. The standard InChI is InChI=1S/C12H16BrNOS/c1-9-5-6-11(13)10(7-9)8-14-16(15)12(2,3)4/h5-8H,1-4H3/t16-/m1/s1. The van der Waals surface area contributed by atoms with Gasteiger partial charge in [0.2, 0.25) is 0 Å². The van der Waals surface area contributed by atoms with Gasteiger partial charge < -0.3 is 0 Å². The van der Waals surface area contributed by atoms with Gasteiger partial charge in [0.05, 0.1) is 4.75 Å². The molecule has 0 aliphatic rings. The van der Waals surface area contributed by atoms with Crippen LogP contribution in [0.15, 0.2) is 27.1 Å². The number of benzene rings is 1. The molecule has 88 valence electrons. The minimum absolute atomic E-state index is 0.313. The van der Waals surface area contributed by atoms with Crippen molar-refractivity contribution in [1.82, 2.24) is 0 Å². The first-order valence-corrected chi connectivity index (χ1v) is 6.93. The van der Waals surface area contributed by atoms with Crippen molar-refractivity contribution in [2.75, 3.05) is 0 Å². The van der Waals surface area contributed by atoms with E-state index in [9.17, 15) is 4.21 Å². The van der Waals surface area contributed by atoms with Gasteiger partial charge in [-0.2, -0.15) is 4.40 Å². The molecule has 0 aromatic heterocycles. The summed E-state index contributed by atoms with van der Waals surface area (Å²) in [5.41, 5.74) is 2.11. The molecular weight excluding hydrogens is 286 g/mol. The van der Waals surface area contributed by atoms with Gasteiger partial charge in [0.25, 0.3) is 0 Å². The molecule has 16 heavy (non-hydrogen) atoms. The molecule has 0 aliphatic carbocycles. The molecule has 0 amide bonds. The Morgan fingerprint density at radius 1 is 1.38 bits per heavy atom. The smallest absolute Gasteiger partial charge is 0.144 e. The molecular formula is C12H16BrNOS. The van der Waals surface area contributed by atoms with Crippen molar-refractivity contribution in [1.29, 1.82) is 0 Å². The molecule has 0 saturated carbocycles. The minimum atomic E-state index is -1.20. The van der Waals surface area contributed by atoms with Gasteiger partial charge in [-0.05, 0) is 39.8 Å². The van der Waals surface area contributed by atoms with Crippen molar-refractivity contribution in [3.8, 4) is 0 Å². The van der Waals surface area contributed by atoms with Crippen LogP contribution in [0, 0.1) is 6.92 Å². The zero-order valence-electron chi connectivity index (χ0n) is 9.95. The largest absolute Gasteiger partial charge is 0.234 e. The molecule has 1 rings (SSSR count). The summed E-state index contributed by atoms with van der Waals surface area (Å²) in [5, 5.41) is 0. The highest BCUT2D eigenvalue weighted by Gasteiger charge is 2.18. The topological polar surface area (TPSA) is 29.4 Å². The minimum Gasteiger partial charge on any atom is -0.234 e. The van der Waals surface area contributed by atoms with Crippen molar-refractivity contribution in [3.05, 3.63) is 33.8 Å². The average molecular weight is 302 g/mol. The highest BCUT2D eigenvalue weighted by molar-refractivity contribution is 9.10. The first-order chi connectivity index (χ1) is 7.30. The van der Waals surface area contributed by atoms with Gasteiger partial charge in [-0.25, -0.2) is 4.21 Å². The molecule has 0 heterocycles. The van der Waals surface area contributed by atoms with E-state index in [0.29, 0.717) is 0 Å². The molecule has 0 saturated heterocycles. The highest BCUT2D eigenvalue weighted by Crippen LogP contribution is 2.17. The second-order valence-corrected chi connectivity index (χ2v) is 7.41. The van der Waals surface area contributed by atoms with Crippen LogP contribution in [-0.2, 0) is 11.0 Å². The third kappa shape index (κ3) is 3.83. The van der Waals surface area contributed by atoms with E-state index in [1.54, 1.807) is 6.21 Å². The van der Waals surface area contributed by atoms with Gasteiger partial charge in [0.15, 0.2) is 0 Å². The lowest BCUT2D eigenvalue weighted by Gasteiger charge is -2.12. The Balaban J connectivity index is 2.93. The maximum Gasteiger partial charge on any atom is 0.144 e. The predicted octanol–water partition coefficient (Wildman–Crippen LogP) is 3.64. The summed E-state index contributed by atoms with van der Waals surface area (Å²) in [6.45, 7) is 7.74. The van der Waals surface area contributed by atoms with Crippen LogP contribution in [0.2, 0.25) is 0 Å². The van der Waals surface area contributed by atoms with E-state index in [-0.39, 0.29) is 4.75 Å². The summed E-state index contributed by atoms with van der Waals surface area (Å²) >= 11 is 3.44. The van der Waals surface area contributed by atoms with Gasteiger partial charge in [-0.3, -0.25) is 0 Å². The summed E-state index contributed by atoms with van der Waals surface area (Å²) < 4.78 is 16.5. The molecule has 0 fully saturated rings. The number of aryl methyl sites for hydroxylation is 1. The van der Waals surface area contributed by atoms with Crippen LogP contribution in [0.1, 0.15) is 31.9 Å². The lowest BCUT2D eigenvalue weighted by atomic mass is 10.2. The zero-order chi connectivity index (χ0) is 12.3. The number of nitrogens with zero attached hydrogens (tertiary/aromatic N) is 1. The molecule has 4 heteroatoms. The summed E-state index contributed by atoms with van der Waals surface area (Å²) in [6.07, 6.45) is 1.67. The fraction of sp³-hybridized carbons (Fsp3) is 0.417. The zero-order valence-corrected chi connectivity index (χ0v) is 12.4. The van der Waals surface area contributed by atoms with Crippen LogP contribution in [0.3, 0.4) is 0 Å². The van der Waals surface area contributed by atoms with E-state index in [1.807, 2.05) is 45.9 Å². The molecule has 0 unspecified atom stereocenters. The first kappa shape index (κ1) is 13.6. The van der Waals surface area contributed by atoms with Crippen LogP contribution in [0.5, 0.6) is 0 Å². The van der Waals surface area contributed by atoms with Crippen LogP contribution < -0.4 is 0 Å². The van der Waals surface area contributed by atoms with Crippen molar-refractivity contribution in [2.45, 2.75) is 32.4 Å². The monoisotopic (exact) mass is 301 g/mol. The Kier molecular flexibility index (Phi) is 4.44. The number of rotatable bonds is 2. The number of hydrogen-bond donors (Lipinski definition) is 0. The third-order valence-corrected chi connectivity index (χ3v) is 4.03. The summed E-state index contributed by atoms with van der Waals surface area (Å²) in [5.74, 6) is 0. The molecule has 0 spiro atoms. The highest BCUT2D eigenvalue weighted by atomic mass is 79.9. The van der Waals surface area contributed by atoms with Gasteiger partial charge in [-0.1, -0.05) is 27.6 Å². The third-order valence-electron chi connectivity index (χ3n) is 1.96. The normalized spacial score (nSPS) is 14.3. The van der Waals surface area contributed by atoms with E-state index < -0.39 is 11.0 Å². The van der Waals surface area contributed by atoms with E-state index in [0.717, 1.165) is 15.6 Å². The fourth-order valence-electron chi connectivity index (χ4n) is 1.02. The molecule has 0 N–H and O–H groups in total. The maximum atomic E-state index is 11.7. The fourth-order valence-corrected chi connectivity index (χ4v) is 1.90. The molecule has 1 atom stereocenters. The van der Waals surface area contributed by atoms with E-state index >= 15 is 0 Å². The van der Waals surface area contributed by atoms with Crippen LogP contribution in [-0.4, -0.2) is 15.2 Å². The Morgan fingerprint density at radius 3 is 2.56 bits per heavy atom. The van der Waals surface area contributed by atoms with Crippen molar-refractivity contribution < 1.29 is 4.21 Å². The van der Waals surface area contributed by atoms with Crippen LogP contribution in [0.4, 0.5) is 0 Å². The van der Waals surface area contributed by atoms with E-state index in [4.69, 9.17) is 0 Å². The van der Waals surface area contributed by atoms with Crippen LogP contribution >= 0.6 is 15.9 Å². The summed E-state index contributed by atoms with van der Waals surface area (Å²) in [7, 11) is -1.20. The molecule has 1 aromatic rings. The lowest BCUT2D eigenvalue weighted by molar-refractivity contribution is 0.651. The predicted molar refractivity (Wildman–Crippen MR) is 74.4 cm³/mol. The van der Waals surface area contributed by atoms with Gasteiger partial charge in [0, 0.05) is 16.3 Å². The SMILES string of the molecule is Cc1ccc(Br)c(C=N[S@](=O)C(C)(C)C)c1. The Morgan fingerprint density at radius 2 is 2.00 bits per heavy atom. The second-order valence-electron chi connectivity index (χ2n) is 4.62. The van der Waals surface area contributed by atoms with E-state index in [2.05, 4.69) is 20.3 Å². The summed E-state index contributed by atoms with van der Waals surface area (Å²) in [4.78, 5) is 0. The summed E-state index contributed by atoms with van der Waals surface area (Å²) in [6, 6.07) is 5.99. The average Bonchev–Trinajstić information content (AvgIpc) is 2.17. The number of hydrogen-bond acceptors (Lipinski definition) is 1. The molecule has 0 aliphatic heterocycles. The van der Waals surface area contributed by atoms with E-state index in [1.165, 1.54) is 0 Å². The van der Waals surface area contributed by atoms with Crippen molar-refractivity contribution in [2.24, 2.45) is 4.40 Å². The van der Waals surface area contributed by atoms with Gasteiger partial charge >= 0.3 is 0 Å². The van der Waals surface area contributed by atoms with Gasteiger partial charge in [-0.15, -0.1) is 0 Å². The number of halogens is 1. The van der Waals surface area contributed by atoms with Gasteiger partial charge in [0.1, 0.15) is 11.0 Å². The molecule has 0 bridgehead atoms. The second kappa shape index (κ2) is 5.23.